The standard InChI is InChI=1S/C19H35NO13/c1-8-11(24)13(26)15(28)17(32-8)30-6-19(5-22,4-20-9(2)23)7-31-18-16(29)14(27)12(25)10(3-21)33-18/h8,10-18,21-22,24-29H,3-7H2,1-2H3,(H,20,23)/t8?,10?,11-,12?,13?,14?,15+,16?,17?,18-,19?/m1/s1. The lowest BCUT2D eigenvalue weighted by Gasteiger charge is -2.42. The highest BCUT2D eigenvalue weighted by Crippen LogP contribution is 2.27. The molecule has 9 N–H and O–H groups in total. The Kier molecular flexibility index (Phi) is 10.4. The Bertz CT molecular complexity index is 624. The fourth-order valence-corrected chi connectivity index (χ4v) is 3.48. The van der Waals surface area contributed by atoms with Crippen molar-refractivity contribution in [3.05, 3.63) is 0 Å². The Morgan fingerprint density at radius 3 is 1.85 bits per heavy atom. The second-order valence-corrected chi connectivity index (χ2v) is 8.57. The molecule has 0 saturated carbocycles. The molecule has 14 nitrogen and oxygen atoms in total. The molecule has 11 atom stereocenters. The van der Waals surface area contributed by atoms with Crippen molar-refractivity contribution >= 4 is 5.91 Å². The zero-order valence-corrected chi connectivity index (χ0v) is 18.4. The maximum absolute atomic E-state index is 11.5. The summed E-state index contributed by atoms with van der Waals surface area (Å²) in [6.07, 6.45) is -14.3. The SMILES string of the molecule is CC(=O)NCC(CO)(COC1OC(C)[C@@H](O)C(O)[C@@H]1O)CO[C@@H]1OC(CO)C(O)C(O)C1O. The molecule has 194 valence electrons. The summed E-state index contributed by atoms with van der Waals surface area (Å²) in [6.45, 7) is 0.473. The predicted octanol–water partition coefficient (Wildman–Crippen LogP) is -5.24. The third-order valence-corrected chi connectivity index (χ3v) is 5.81. The average molecular weight is 485 g/mol. The predicted molar refractivity (Wildman–Crippen MR) is 106 cm³/mol. The van der Waals surface area contributed by atoms with Crippen LogP contribution in [0.1, 0.15) is 13.8 Å². The van der Waals surface area contributed by atoms with E-state index < -0.39 is 92.6 Å². The zero-order chi connectivity index (χ0) is 24.9. The largest absolute Gasteiger partial charge is 0.396 e. The number of nitrogens with one attached hydrogen (secondary N) is 1. The van der Waals surface area contributed by atoms with Crippen molar-refractivity contribution in [3.8, 4) is 0 Å². The van der Waals surface area contributed by atoms with Gasteiger partial charge < -0.3 is 65.1 Å². The summed E-state index contributed by atoms with van der Waals surface area (Å²) in [5.41, 5.74) is -1.36. The first-order valence-electron chi connectivity index (χ1n) is 10.5. The molecule has 0 bridgehead atoms. The molecule has 2 saturated heterocycles. The van der Waals surface area contributed by atoms with Crippen LogP contribution in [0.5, 0.6) is 0 Å². The normalized spacial score (nSPS) is 41.4. The number of hydrogen-bond acceptors (Lipinski definition) is 13. The van der Waals surface area contributed by atoms with Gasteiger partial charge in [-0.25, -0.2) is 0 Å². The summed E-state index contributed by atoms with van der Waals surface area (Å²) in [7, 11) is 0. The first kappa shape index (κ1) is 28.2. The van der Waals surface area contributed by atoms with E-state index in [9.17, 15) is 45.6 Å². The highest BCUT2D eigenvalue weighted by molar-refractivity contribution is 5.72. The highest BCUT2D eigenvalue weighted by Gasteiger charge is 2.46. The molecule has 0 radical (unpaired) electrons. The molecule has 0 aromatic carbocycles. The lowest BCUT2D eigenvalue weighted by atomic mass is 9.90. The molecule has 0 aliphatic carbocycles. The van der Waals surface area contributed by atoms with Gasteiger partial charge in [0.05, 0.1) is 37.9 Å². The van der Waals surface area contributed by atoms with Crippen LogP contribution in [0.2, 0.25) is 0 Å². The zero-order valence-electron chi connectivity index (χ0n) is 18.4. The molecule has 2 rings (SSSR count). The van der Waals surface area contributed by atoms with Crippen molar-refractivity contribution in [3.63, 3.8) is 0 Å². The Morgan fingerprint density at radius 2 is 1.36 bits per heavy atom. The van der Waals surface area contributed by atoms with E-state index in [1.54, 1.807) is 0 Å². The molecular weight excluding hydrogens is 450 g/mol. The molecule has 0 spiro atoms. The molecule has 2 aliphatic rings. The minimum Gasteiger partial charge on any atom is -0.396 e. The van der Waals surface area contributed by atoms with Crippen LogP contribution in [-0.4, -0.2) is 141 Å². The molecule has 2 heterocycles. The van der Waals surface area contributed by atoms with Crippen LogP contribution in [0.4, 0.5) is 0 Å². The number of carbonyl (C=O) groups excluding carboxylic acids is 1. The van der Waals surface area contributed by atoms with E-state index in [0.29, 0.717) is 0 Å². The molecular formula is C19H35NO13. The number of amides is 1. The van der Waals surface area contributed by atoms with Gasteiger partial charge in [-0.1, -0.05) is 0 Å². The van der Waals surface area contributed by atoms with Gasteiger partial charge in [0, 0.05) is 13.5 Å². The maximum atomic E-state index is 11.5. The molecule has 8 unspecified atom stereocenters. The molecule has 33 heavy (non-hydrogen) atoms. The molecule has 0 aromatic heterocycles. The number of rotatable bonds is 10. The van der Waals surface area contributed by atoms with Gasteiger partial charge in [0.1, 0.15) is 42.7 Å². The summed E-state index contributed by atoms with van der Waals surface area (Å²) >= 11 is 0. The van der Waals surface area contributed by atoms with Crippen LogP contribution in [0, 0.1) is 5.41 Å². The smallest absolute Gasteiger partial charge is 0.216 e. The van der Waals surface area contributed by atoms with E-state index in [2.05, 4.69) is 5.32 Å². The summed E-state index contributed by atoms with van der Waals surface area (Å²) in [5, 5.41) is 81.7. The Labute approximate surface area is 190 Å². The van der Waals surface area contributed by atoms with Crippen molar-refractivity contribution in [2.75, 3.05) is 33.0 Å². The van der Waals surface area contributed by atoms with Crippen molar-refractivity contribution in [1.29, 1.82) is 0 Å². The van der Waals surface area contributed by atoms with Gasteiger partial charge in [-0.15, -0.1) is 0 Å². The minimum absolute atomic E-state index is 0.181. The second-order valence-electron chi connectivity index (χ2n) is 8.57. The Morgan fingerprint density at radius 1 is 0.848 bits per heavy atom. The molecule has 1 amide bonds. The molecule has 2 aliphatic heterocycles. The van der Waals surface area contributed by atoms with Crippen LogP contribution in [0.15, 0.2) is 0 Å². The van der Waals surface area contributed by atoms with Gasteiger partial charge in [0.25, 0.3) is 0 Å². The van der Waals surface area contributed by atoms with Gasteiger partial charge in [0.2, 0.25) is 5.91 Å². The number of ether oxygens (including phenoxy) is 4. The monoisotopic (exact) mass is 485 g/mol. The third-order valence-electron chi connectivity index (χ3n) is 5.81. The van der Waals surface area contributed by atoms with Crippen molar-refractivity contribution in [2.45, 2.75) is 75.3 Å². The van der Waals surface area contributed by atoms with Gasteiger partial charge in [-0.2, -0.15) is 0 Å². The van der Waals surface area contributed by atoms with Gasteiger partial charge in [0.15, 0.2) is 12.6 Å². The first-order chi connectivity index (χ1) is 15.5. The summed E-state index contributed by atoms with van der Waals surface area (Å²) < 4.78 is 21.7. The quantitative estimate of drug-likeness (QED) is 0.141. The van der Waals surface area contributed by atoms with Crippen LogP contribution >= 0.6 is 0 Å². The van der Waals surface area contributed by atoms with E-state index in [1.807, 2.05) is 0 Å². The molecule has 2 fully saturated rings. The van der Waals surface area contributed by atoms with E-state index in [0.717, 1.165) is 0 Å². The Hall–Kier alpha value is -1.01. The molecule has 14 heteroatoms. The second kappa shape index (κ2) is 12.1. The van der Waals surface area contributed by atoms with Gasteiger partial charge >= 0.3 is 0 Å². The van der Waals surface area contributed by atoms with Crippen LogP contribution in [0.3, 0.4) is 0 Å². The molecule has 0 aromatic rings. The van der Waals surface area contributed by atoms with Crippen LogP contribution in [0.25, 0.3) is 0 Å². The van der Waals surface area contributed by atoms with Crippen molar-refractivity contribution in [1.82, 2.24) is 5.32 Å². The highest BCUT2D eigenvalue weighted by atomic mass is 16.7. The summed E-state index contributed by atoms with van der Waals surface area (Å²) in [6, 6.07) is 0. The third kappa shape index (κ3) is 6.78. The number of aliphatic hydroxyl groups is 8. The number of hydrogen-bond donors (Lipinski definition) is 9. The van der Waals surface area contributed by atoms with E-state index in [1.165, 1.54) is 13.8 Å². The van der Waals surface area contributed by atoms with E-state index in [4.69, 9.17) is 18.9 Å². The van der Waals surface area contributed by atoms with Gasteiger partial charge in [-0.3, -0.25) is 4.79 Å². The average Bonchev–Trinajstić information content (AvgIpc) is 2.79. The van der Waals surface area contributed by atoms with Crippen molar-refractivity contribution in [2.24, 2.45) is 5.41 Å². The van der Waals surface area contributed by atoms with Crippen LogP contribution < -0.4 is 5.32 Å². The van der Waals surface area contributed by atoms with Crippen molar-refractivity contribution < 1.29 is 64.6 Å². The fourth-order valence-electron chi connectivity index (χ4n) is 3.48. The lowest BCUT2D eigenvalue weighted by Crippen LogP contribution is -2.60. The number of carbonyl (C=O) groups is 1. The lowest BCUT2D eigenvalue weighted by molar-refractivity contribution is -0.316. The van der Waals surface area contributed by atoms with E-state index in [-0.39, 0.29) is 13.2 Å². The summed E-state index contributed by atoms with van der Waals surface area (Å²) in [5.74, 6) is -0.429. The fraction of sp³-hybridized carbons (Fsp3) is 0.947. The Balaban J connectivity index is 2.10. The maximum Gasteiger partial charge on any atom is 0.216 e. The van der Waals surface area contributed by atoms with Crippen LogP contribution in [-0.2, 0) is 23.7 Å². The number of aliphatic hydroxyl groups excluding tert-OH is 8. The van der Waals surface area contributed by atoms with Gasteiger partial charge in [-0.05, 0) is 6.92 Å². The topological polar surface area (TPSA) is 228 Å². The minimum atomic E-state index is -1.68. The summed E-state index contributed by atoms with van der Waals surface area (Å²) in [4.78, 5) is 11.5. The van der Waals surface area contributed by atoms with E-state index >= 15 is 0 Å². The first-order valence-corrected chi connectivity index (χ1v) is 10.5.